The molecule has 0 atom stereocenters. The van der Waals surface area contributed by atoms with Gasteiger partial charge in [-0.05, 0) is 52.9 Å². The van der Waals surface area contributed by atoms with Crippen molar-refractivity contribution in [1.29, 1.82) is 0 Å². The SMILES string of the molecule is S=c1cc(C2CC2)[nH]c(-c2nc3ccccc3cc2Br)n1. The lowest BCUT2D eigenvalue weighted by Crippen LogP contribution is -1.97. The highest BCUT2D eigenvalue weighted by Gasteiger charge is 2.25. The van der Waals surface area contributed by atoms with Crippen molar-refractivity contribution in [1.82, 2.24) is 15.0 Å². The van der Waals surface area contributed by atoms with Gasteiger partial charge in [-0.15, -0.1) is 0 Å². The minimum atomic E-state index is 0.604. The van der Waals surface area contributed by atoms with Gasteiger partial charge >= 0.3 is 0 Å². The Bertz CT molecular complexity index is 899. The zero-order chi connectivity index (χ0) is 14.4. The fourth-order valence-corrected chi connectivity index (χ4v) is 3.20. The number of aromatic amines is 1. The molecule has 1 aromatic carbocycles. The van der Waals surface area contributed by atoms with Crippen molar-refractivity contribution in [2.75, 3.05) is 0 Å². The smallest absolute Gasteiger partial charge is 0.159 e. The van der Waals surface area contributed by atoms with E-state index in [9.17, 15) is 0 Å². The van der Waals surface area contributed by atoms with Crippen LogP contribution in [-0.2, 0) is 0 Å². The number of nitrogens with one attached hydrogen (secondary N) is 1. The molecule has 1 N–H and O–H groups in total. The number of rotatable bonds is 2. The number of para-hydroxylation sites is 1. The van der Waals surface area contributed by atoms with Crippen molar-refractivity contribution >= 4 is 39.1 Å². The fraction of sp³-hybridized carbons (Fsp3) is 0.188. The van der Waals surface area contributed by atoms with Crippen LogP contribution in [-0.4, -0.2) is 15.0 Å². The molecule has 0 unspecified atom stereocenters. The fourth-order valence-electron chi connectivity index (χ4n) is 2.46. The molecule has 1 saturated carbocycles. The van der Waals surface area contributed by atoms with E-state index in [4.69, 9.17) is 17.2 Å². The lowest BCUT2D eigenvalue weighted by Gasteiger charge is -2.08. The van der Waals surface area contributed by atoms with Crippen LogP contribution in [0.3, 0.4) is 0 Å². The molecule has 0 saturated heterocycles. The minimum Gasteiger partial charge on any atom is -0.342 e. The van der Waals surface area contributed by atoms with Crippen molar-refractivity contribution in [3.63, 3.8) is 0 Å². The van der Waals surface area contributed by atoms with E-state index < -0.39 is 0 Å². The molecule has 2 heterocycles. The van der Waals surface area contributed by atoms with E-state index in [1.807, 2.05) is 30.3 Å². The van der Waals surface area contributed by atoms with Gasteiger partial charge in [0.1, 0.15) is 10.3 Å². The van der Waals surface area contributed by atoms with Crippen molar-refractivity contribution < 1.29 is 0 Å². The monoisotopic (exact) mass is 357 g/mol. The maximum absolute atomic E-state index is 5.30. The molecule has 5 heteroatoms. The molecule has 1 aliphatic rings. The Morgan fingerprint density at radius 1 is 1.14 bits per heavy atom. The number of hydrogen-bond acceptors (Lipinski definition) is 3. The molecule has 0 radical (unpaired) electrons. The summed E-state index contributed by atoms with van der Waals surface area (Å²) in [6.07, 6.45) is 2.45. The van der Waals surface area contributed by atoms with Crippen LogP contribution in [0.1, 0.15) is 24.5 Å². The first-order valence-electron chi connectivity index (χ1n) is 6.87. The van der Waals surface area contributed by atoms with Crippen LogP contribution in [0.5, 0.6) is 0 Å². The summed E-state index contributed by atoms with van der Waals surface area (Å²) in [6.45, 7) is 0. The Morgan fingerprint density at radius 3 is 2.76 bits per heavy atom. The van der Waals surface area contributed by atoms with Gasteiger partial charge in [-0.1, -0.05) is 30.4 Å². The van der Waals surface area contributed by atoms with E-state index in [1.54, 1.807) is 0 Å². The van der Waals surface area contributed by atoms with E-state index in [0.29, 0.717) is 10.6 Å². The summed E-state index contributed by atoms with van der Waals surface area (Å²) in [5.74, 6) is 1.34. The molecule has 2 aromatic heterocycles. The van der Waals surface area contributed by atoms with Gasteiger partial charge in [0.2, 0.25) is 0 Å². The Morgan fingerprint density at radius 2 is 1.95 bits per heavy atom. The standard InChI is InChI=1S/C16H12BrN3S/c17-11-7-10-3-1-2-4-12(10)18-15(11)16-19-13(9-5-6-9)8-14(21)20-16/h1-4,7-9H,5-6H2,(H,19,20,21). The van der Waals surface area contributed by atoms with Crippen LogP contribution in [0.2, 0.25) is 0 Å². The summed E-state index contributed by atoms with van der Waals surface area (Å²) in [7, 11) is 0. The first kappa shape index (κ1) is 13.1. The third-order valence-electron chi connectivity index (χ3n) is 3.68. The maximum atomic E-state index is 5.30. The van der Waals surface area contributed by atoms with E-state index in [1.165, 1.54) is 18.5 Å². The molecule has 1 aliphatic carbocycles. The molecule has 4 rings (SSSR count). The molecule has 0 bridgehead atoms. The minimum absolute atomic E-state index is 0.604. The first-order chi connectivity index (χ1) is 10.2. The van der Waals surface area contributed by atoms with E-state index in [-0.39, 0.29) is 0 Å². The van der Waals surface area contributed by atoms with Gasteiger partial charge in [0, 0.05) is 15.6 Å². The number of H-pyrrole nitrogens is 1. The van der Waals surface area contributed by atoms with Crippen molar-refractivity contribution in [2.24, 2.45) is 0 Å². The molecule has 3 aromatic rings. The first-order valence-corrected chi connectivity index (χ1v) is 8.08. The Labute approximate surface area is 135 Å². The lowest BCUT2D eigenvalue weighted by molar-refractivity contribution is 0.982. The molecular weight excluding hydrogens is 346 g/mol. The molecule has 0 amide bonds. The number of pyridine rings is 1. The molecule has 21 heavy (non-hydrogen) atoms. The average Bonchev–Trinajstić information content (AvgIpc) is 3.30. The predicted octanol–water partition coefficient (Wildman–Crippen LogP) is 4.99. The molecular formula is C16H12BrN3S. The second-order valence-corrected chi connectivity index (χ2v) is 6.58. The van der Waals surface area contributed by atoms with E-state index in [0.717, 1.165) is 26.9 Å². The molecule has 3 nitrogen and oxygen atoms in total. The predicted molar refractivity (Wildman–Crippen MR) is 89.8 cm³/mol. The lowest BCUT2D eigenvalue weighted by atomic mass is 10.2. The second-order valence-electron chi connectivity index (χ2n) is 5.31. The van der Waals surface area contributed by atoms with Gasteiger partial charge in [-0.3, -0.25) is 0 Å². The van der Waals surface area contributed by atoms with Crippen LogP contribution >= 0.6 is 28.1 Å². The number of halogens is 1. The van der Waals surface area contributed by atoms with Crippen LogP contribution in [0.15, 0.2) is 40.9 Å². The van der Waals surface area contributed by atoms with Gasteiger partial charge in [0.05, 0.1) is 5.52 Å². The van der Waals surface area contributed by atoms with Gasteiger partial charge in [0.15, 0.2) is 5.82 Å². The van der Waals surface area contributed by atoms with Crippen LogP contribution in [0, 0.1) is 4.64 Å². The van der Waals surface area contributed by atoms with Crippen LogP contribution < -0.4 is 0 Å². The van der Waals surface area contributed by atoms with Crippen LogP contribution in [0.4, 0.5) is 0 Å². The number of hydrogen-bond donors (Lipinski definition) is 1. The largest absolute Gasteiger partial charge is 0.342 e. The second kappa shape index (κ2) is 5.00. The Balaban J connectivity index is 1.93. The Hall–Kier alpha value is -1.59. The normalized spacial score (nSPS) is 14.5. The highest BCUT2D eigenvalue weighted by molar-refractivity contribution is 9.10. The highest BCUT2D eigenvalue weighted by Crippen LogP contribution is 2.39. The van der Waals surface area contributed by atoms with Gasteiger partial charge in [-0.2, -0.15) is 0 Å². The number of nitrogens with zero attached hydrogens (tertiary/aromatic N) is 2. The van der Waals surface area contributed by atoms with Crippen molar-refractivity contribution in [2.45, 2.75) is 18.8 Å². The van der Waals surface area contributed by atoms with E-state index in [2.05, 4.69) is 32.0 Å². The zero-order valence-corrected chi connectivity index (χ0v) is 13.5. The van der Waals surface area contributed by atoms with Crippen molar-refractivity contribution in [3.8, 4) is 11.5 Å². The summed E-state index contributed by atoms with van der Waals surface area (Å²) in [5, 5.41) is 1.10. The van der Waals surface area contributed by atoms with Gasteiger partial charge in [0.25, 0.3) is 0 Å². The Kier molecular flexibility index (Phi) is 3.12. The summed E-state index contributed by atoms with van der Waals surface area (Å²) < 4.78 is 1.54. The molecule has 0 aliphatic heterocycles. The summed E-state index contributed by atoms with van der Waals surface area (Å²) in [5.41, 5.74) is 2.93. The van der Waals surface area contributed by atoms with Gasteiger partial charge < -0.3 is 4.98 Å². The quantitative estimate of drug-likeness (QED) is 0.656. The third kappa shape index (κ3) is 2.51. The highest BCUT2D eigenvalue weighted by atomic mass is 79.9. The maximum Gasteiger partial charge on any atom is 0.159 e. The average molecular weight is 358 g/mol. The molecule has 1 fully saturated rings. The third-order valence-corrected chi connectivity index (χ3v) is 4.50. The van der Waals surface area contributed by atoms with Crippen LogP contribution in [0.25, 0.3) is 22.4 Å². The van der Waals surface area contributed by atoms with Gasteiger partial charge in [-0.25, -0.2) is 9.97 Å². The number of benzene rings is 1. The summed E-state index contributed by atoms with van der Waals surface area (Å²) in [4.78, 5) is 12.6. The topological polar surface area (TPSA) is 41.6 Å². The summed E-state index contributed by atoms with van der Waals surface area (Å²) >= 11 is 8.90. The summed E-state index contributed by atoms with van der Waals surface area (Å²) in [6, 6.07) is 12.1. The van der Waals surface area contributed by atoms with E-state index >= 15 is 0 Å². The molecule has 104 valence electrons. The number of fused-ring (bicyclic) bond motifs is 1. The zero-order valence-electron chi connectivity index (χ0n) is 11.1. The van der Waals surface area contributed by atoms with Crippen molar-refractivity contribution in [3.05, 3.63) is 51.2 Å². The number of aromatic nitrogens is 3. The molecule has 0 spiro atoms.